The van der Waals surface area contributed by atoms with Crippen LogP contribution in [0.15, 0.2) is 12.1 Å². The first-order valence-corrected chi connectivity index (χ1v) is 6.39. The van der Waals surface area contributed by atoms with Gasteiger partial charge in [0.15, 0.2) is 0 Å². The van der Waals surface area contributed by atoms with Crippen LogP contribution in [0, 0.1) is 6.92 Å². The molecule has 0 fully saturated rings. The van der Waals surface area contributed by atoms with E-state index in [1.807, 2.05) is 19.9 Å². The number of methoxy groups -OCH3 is 1. The van der Waals surface area contributed by atoms with Crippen molar-refractivity contribution in [3.8, 4) is 11.4 Å². The molecule has 0 amide bonds. The SMILES string of the molecule is CCc1c(CO)nnn1-c1cc(C)c(Cl)cc1OC. The summed E-state index contributed by atoms with van der Waals surface area (Å²) in [6.07, 6.45) is 0.716. The Kier molecular flexibility index (Phi) is 4.07. The molecule has 2 rings (SSSR count). The molecule has 5 nitrogen and oxygen atoms in total. The molecular formula is C13H16ClN3O2. The fourth-order valence-electron chi connectivity index (χ4n) is 1.98. The molecule has 0 aliphatic carbocycles. The van der Waals surface area contributed by atoms with Crippen molar-refractivity contribution in [1.82, 2.24) is 15.0 Å². The van der Waals surface area contributed by atoms with Gasteiger partial charge in [-0.05, 0) is 25.0 Å². The lowest BCUT2D eigenvalue weighted by Crippen LogP contribution is -2.05. The van der Waals surface area contributed by atoms with E-state index in [-0.39, 0.29) is 6.61 Å². The summed E-state index contributed by atoms with van der Waals surface area (Å²) < 4.78 is 7.03. The minimum absolute atomic E-state index is 0.127. The summed E-state index contributed by atoms with van der Waals surface area (Å²) in [5, 5.41) is 18.0. The number of aliphatic hydroxyl groups is 1. The molecule has 0 saturated heterocycles. The Morgan fingerprint density at radius 3 is 2.74 bits per heavy atom. The van der Waals surface area contributed by atoms with Gasteiger partial charge in [-0.15, -0.1) is 5.10 Å². The van der Waals surface area contributed by atoms with Crippen molar-refractivity contribution in [3.63, 3.8) is 0 Å². The maximum Gasteiger partial charge on any atom is 0.146 e. The number of ether oxygens (including phenoxy) is 1. The van der Waals surface area contributed by atoms with Gasteiger partial charge in [0, 0.05) is 11.1 Å². The van der Waals surface area contributed by atoms with Gasteiger partial charge < -0.3 is 9.84 Å². The van der Waals surface area contributed by atoms with Crippen molar-refractivity contribution in [1.29, 1.82) is 0 Å². The average molecular weight is 282 g/mol. The quantitative estimate of drug-likeness (QED) is 0.934. The highest BCUT2D eigenvalue weighted by molar-refractivity contribution is 6.31. The van der Waals surface area contributed by atoms with Crippen LogP contribution in [-0.4, -0.2) is 27.2 Å². The third-order valence-electron chi connectivity index (χ3n) is 3.02. The molecule has 19 heavy (non-hydrogen) atoms. The van der Waals surface area contributed by atoms with Crippen LogP contribution in [0.3, 0.4) is 0 Å². The molecule has 0 aliphatic rings. The second kappa shape index (κ2) is 5.59. The molecule has 2 aromatic rings. The summed E-state index contributed by atoms with van der Waals surface area (Å²) in [6, 6.07) is 3.65. The smallest absolute Gasteiger partial charge is 0.146 e. The van der Waals surface area contributed by atoms with E-state index in [2.05, 4.69) is 10.3 Å². The van der Waals surface area contributed by atoms with Crippen LogP contribution < -0.4 is 4.74 Å². The Bertz CT molecular complexity index is 596. The third kappa shape index (κ3) is 2.43. The Hall–Kier alpha value is -1.59. The molecule has 0 aliphatic heterocycles. The predicted molar refractivity (Wildman–Crippen MR) is 73.0 cm³/mol. The van der Waals surface area contributed by atoms with Crippen molar-refractivity contribution in [3.05, 3.63) is 34.1 Å². The van der Waals surface area contributed by atoms with E-state index >= 15 is 0 Å². The summed E-state index contributed by atoms with van der Waals surface area (Å²) in [6.45, 7) is 3.78. The van der Waals surface area contributed by atoms with Crippen LogP contribution in [0.2, 0.25) is 5.02 Å². The van der Waals surface area contributed by atoms with E-state index < -0.39 is 0 Å². The Labute approximate surface area is 116 Å². The molecule has 0 saturated carbocycles. The standard InChI is InChI=1S/C13H16ClN3O2/c1-4-11-10(7-18)15-16-17(11)12-5-8(2)9(14)6-13(12)19-3/h5-6,18H,4,7H2,1-3H3. The van der Waals surface area contributed by atoms with E-state index in [9.17, 15) is 5.11 Å². The summed E-state index contributed by atoms with van der Waals surface area (Å²) in [5.74, 6) is 0.625. The highest BCUT2D eigenvalue weighted by atomic mass is 35.5. The fraction of sp³-hybridized carbons (Fsp3) is 0.385. The zero-order chi connectivity index (χ0) is 14.0. The number of hydrogen-bond donors (Lipinski definition) is 1. The molecule has 0 radical (unpaired) electrons. The van der Waals surface area contributed by atoms with Gasteiger partial charge in [-0.2, -0.15) is 0 Å². The van der Waals surface area contributed by atoms with E-state index in [0.717, 1.165) is 16.9 Å². The zero-order valence-electron chi connectivity index (χ0n) is 11.1. The van der Waals surface area contributed by atoms with E-state index in [4.69, 9.17) is 16.3 Å². The van der Waals surface area contributed by atoms with E-state index in [1.54, 1.807) is 17.9 Å². The molecule has 0 bridgehead atoms. The number of nitrogens with zero attached hydrogens (tertiary/aromatic N) is 3. The first-order valence-electron chi connectivity index (χ1n) is 6.01. The van der Waals surface area contributed by atoms with Gasteiger partial charge in [0.1, 0.15) is 17.1 Å². The van der Waals surface area contributed by atoms with Crippen LogP contribution in [0.25, 0.3) is 5.69 Å². The Morgan fingerprint density at radius 2 is 2.16 bits per heavy atom. The molecule has 102 valence electrons. The van der Waals surface area contributed by atoms with Gasteiger partial charge in [-0.1, -0.05) is 23.7 Å². The van der Waals surface area contributed by atoms with Gasteiger partial charge in [-0.25, -0.2) is 4.68 Å². The first kappa shape index (κ1) is 13.8. The van der Waals surface area contributed by atoms with Crippen molar-refractivity contribution in [2.75, 3.05) is 7.11 Å². The maximum absolute atomic E-state index is 9.27. The topological polar surface area (TPSA) is 60.2 Å². The van der Waals surface area contributed by atoms with E-state index in [0.29, 0.717) is 22.9 Å². The third-order valence-corrected chi connectivity index (χ3v) is 3.42. The van der Waals surface area contributed by atoms with Crippen molar-refractivity contribution >= 4 is 11.6 Å². The Balaban J connectivity index is 2.64. The summed E-state index contributed by atoms with van der Waals surface area (Å²) in [7, 11) is 1.58. The summed E-state index contributed by atoms with van der Waals surface area (Å²) in [5.41, 5.74) is 3.15. The van der Waals surface area contributed by atoms with Gasteiger partial charge in [-0.3, -0.25) is 0 Å². The van der Waals surface area contributed by atoms with Crippen molar-refractivity contribution in [2.24, 2.45) is 0 Å². The lowest BCUT2D eigenvalue weighted by Gasteiger charge is -2.12. The van der Waals surface area contributed by atoms with Gasteiger partial charge >= 0.3 is 0 Å². The Morgan fingerprint density at radius 1 is 1.42 bits per heavy atom. The average Bonchev–Trinajstić information content (AvgIpc) is 2.83. The molecular weight excluding hydrogens is 266 g/mol. The second-order valence-electron chi connectivity index (χ2n) is 4.18. The number of halogens is 1. The number of hydrogen-bond acceptors (Lipinski definition) is 4. The normalized spacial score (nSPS) is 10.8. The molecule has 1 aromatic carbocycles. The van der Waals surface area contributed by atoms with Gasteiger partial charge in [0.2, 0.25) is 0 Å². The number of benzene rings is 1. The van der Waals surface area contributed by atoms with Crippen LogP contribution in [0.4, 0.5) is 0 Å². The van der Waals surface area contributed by atoms with Crippen LogP contribution in [0.5, 0.6) is 5.75 Å². The predicted octanol–water partition coefficient (Wildman–Crippen LogP) is 2.29. The minimum atomic E-state index is -0.127. The molecule has 0 spiro atoms. The molecule has 1 aromatic heterocycles. The number of aryl methyl sites for hydroxylation is 1. The highest BCUT2D eigenvalue weighted by Crippen LogP contribution is 2.30. The van der Waals surface area contributed by atoms with Crippen LogP contribution in [0.1, 0.15) is 23.9 Å². The van der Waals surface area contributed by atoms with Gasteiger partial charge in [0.25, 0.3) is 0 Å². The second-order valence-corrected chi connectivity index (χ2v) is 4.59. The number of aromatic nitrogens is 3. The molecule has 0 unspecified atom stereocenters. The van der Waals surface area contributed by atoms with Gasteiger partial charge in [0.05, 0.1) is 19.4 Å². The van der Waals surface area contributed by atoms with E-state index in [1.165, 1.54) is 0 Å². The largest absolute Gasteiger partial charge is 0.494 e. The molecule has 0 atom stereocenters. The maximum atomic E-state index is 9.27. The monoisotopic (exact) mass is 281 g/mol. The lowest BCUT2D eigenvalue weighted by molar-refractivity contribution is 0.275. The van der Waals surface area contributed by atoms with Crippen molar-refractivity contribution in [2.45, 2.75) is 26.9 Å². The molecule has 1 N–H and O–H groups in total. The summed E-state index contributed by atoms with van der Waals surface area (Å²) >= 11 is 6.09. The van der Waals surface area contributed by atoms with Crippen LogP contribution >= 0.6 is 11.6 Å². The summed E-state index contributed by atoms with van der Waals surface area (Å²) in [4.78, 5) is 0. The lowest BCUT2D eigenvalue weighted by atomic mass is 10.2. The first-order chi connectivity index (χ1) is 9.12. The minimum Gasteiger partial charge on any atom is -0.494 e. The molecule has 6 heteroatoms. The molecule has 1 heterocycles. The number of rotatable bonds is 4. The highest BCUT2D eigenvalue weighted by Gasteiger charge is 2.16. The number of aliphatic hydroxyl groups excluding tert-OH is 1. The van der Waals surface area contributed by atoms with Crippen molar-refractivity contribution < 1.29 is 9.84 Å². The van der Waals surface area contributed by atoms with Crippen LogP contribution in [-0.2, 0) is 13.0 Å². The zero-order valence-corrected chi connectivity index (χ0v) is 11.9. The fourth-order valence-corrected chi connectivity index (χ4v) is 2.13.